The quantitative estimate of drug-likeness (QED) is 0.566. The van der Waals surface area contributed by atoms with Crippen molar-refractivity contribution in [3.63, 3.8) is 0 Å². The number of benzene rings is 2. The highest BCUT2D eigenvalue weighted by Crippen LogP contribution is 2.31. The topological polar surface area (TPSA) is 62.4 Å². The Morgan fingerprint density at radius 3 is 2.61 bits per heavy atom. The molecule has 0 aliphatic carbocycles. The van der Waals surface area contributed by atoms with Crippen molar-refractivity contribution in [2.45, 2.75) is 0 Å². The molecule has 0 bridgehead atoms. The van der Waals surface area contributed by atoms with Crippen molar-refractivity contribution in [2.75, 3.05) is 36.2 Å². The fourth-order valence-corrected chi connectivity index (χ4v) is 2.42. The van der Waals surface area contributed by atoms with E-state index in [1.807, 2.05) is 48.5 Å². The molecule has 23 heavy (non-hydrogen) atoms. The third-order valence-electron chi connectivity index (χ3n) is 3.61. The first-order valence-electron chi connectivity index (χ1n) is 7.48. The third-order valence-corrected chi connectivity index (χ3v) is 3.61. The van der Waals surface area contributed by atoms with Gasteiger partial charge in [0.1, 0.15) is 0 Å². The summed E-state index contributed by atoms with van der Waals surface area (Å²) in [5.74, 6) is -0.0865. The summed E-state index contributed by atoms with van der Waals surface area (Å²) >= 11 is 0. The van der Waals surface area contributed by atoms with Crippen molar-refractivity contribution in [3.8, 4) is 0 Å². The lowest BCUT2D eigenvalue weighted by Crippen LogP contribution is -2.07. The molecular formula is C18H19N3O2. The molecule has 3 rings (SSSR count). The second kappa shape index (κ2) is 6.98. The molecule has 0 spiro atoms. The highest BCUT2D eigenvalue weighted by atomic mass is 16.5. The van der Waals surface area contributed by atoms with Gasteiger partial charge in [-0.1, -0.05) is 18.2 Å². The second-order valence-corrected chi connectivity index (χ2v) is 5.20. The van der Waals surface area contributed by atoms with Crippen LogP contribution in [0.4, 0.5) is 17.1 Å². The molecule has 5 heteroatoms. The highest BCUT2D eigenvalue weighted by Gasteiger charge is 2.23. The van der Waals surface area contributed by atoms with Crippen molar-refractivity contribution >= 4 is 28.5 Å². The number of para-hydroxylation sites is 1. The molecule has 5 nitrogen and oxygen atoms in total. The lowest BCUT2D eigenvalue weighted by Gasteiger charge is -2.07. The first-order chi connectivity index (χ1) is 11.3. The average molecular weight is 309 g/mol. The fourth-order valence-electron chi connectivity index (χ4n) is 2.42. The van der Waals surface area contributed by atoms with Crippen LogP contribution < -0.4 is 16.0 Å². The van der Waals surface area contributed by atoms with E-state index in [0.29, 0.717) is 12.2 Å². The van der Waals surface area contributed by atoms with Gasteiger partial charge in [-0.05, 0) is 30.3 Å². The van der Waals surface area contributed by atoms with Crippen molar-refractivity contribution in [2.24, 2.45) is 0 Å². The van der Waals surface area contributed by atoms with Crippen LogP contribution in [0.1, 0.15) is 5.56 Å². The van der Waals surface area contributed by atoms with Crippen LogP contribution in [0.15, 0.2) is 54.7 Å². The van der Waals surface area contributed by atoms with Gasteiger partial charge in [0, 0.05) is 42.5 Å². The van der Waals surface area contributed by atoms with Crippen LogP contribution in [0.2, 0.25) is 0 Å². The van der Waals surface area contributed by atoms with E-state index >= 15 is 0 Å². The van der Waals surface area contributed by atoms with E-state index in [9.17, 15) is 4.79 Å². The van der Waals surface area contributed by atoms with Crippen molar-refractivity contribution in [1.82, 2.24) is 0 Å². The van der Waals surface area contributed by atoms with Gasteiger partial charge in [0.2, 0.25) is 0 Å². The normalized spacial score (nSPS) is 14.5. The van der Waals surface area contributed by atoms with E-state index in [0.717, 1.165) is 29.2 Å². The van der Waals surface area contributed by atoms with Gasteiger partial charge in [-0.25, -0.2) is 0 Å². The molecule has 0 radical (unpaired) electrons. The van der Waals surface area contributed by atoms with Gasteiger partial charge in [0.05, 0.1) is 12.2 Å². The molecule has 0 saturated carbocycles. The van der Waals surface area contributed by atoms with E-state index in [4.69, 9.17) is 4.74 Å². The fraction of sp³-hybridized carbons (Fsp3) is 0.167. The average Bonchev–Trinajstić information content (AvgIpc) is 2.90. The van der Waals surface area contributed by atoms with E-state index in [1.54, 1.807) is 13.3 Å². The maximum absolute atomic E-state index is 12.0. The van der Waals surface area contributed by atoms with E-state index < -0.39 is 0 Å². The number of anilines is 3. The zero-order valence-corrected chi connectivity index (χ0v) is 12.9. The number of hydrogen-bond donors (Lipinski definition) is 3. The number of methoxy groups -OCH3 is 1. The Morgan fingerprint density at radius 2 is 1.83 bits per heavy atom. The second-order valence-electron chi connectivity index (χ2n) is 5.20. The molecule has 1 amide bonds. The number of ether oxygens (including phenoxy) is 1. The minimum absolute atomic E-state index is 0.0865. The Balaban J connectivity index is 1.67. The van der Waals surface area contributed by atoms with Gasteiger partial charge in [0.25, 0.3) is 5.91 Å². The summed E-state index contributed by atoms with van der Waals surface area (Å²) in [5.41, 5.74) is 4.37. The van der Waals surface area contributed by atoms with Crippen molar-refractivity contribution < 1.29 is 9.53 Å². The highest BCUT2D eigenvalue weighted by molar-refractivity contribution is 6.31. The van der Waals surface area contributed by atoms with E-state index in [2.05, 4.69) is 16.0 Å². The maximum Gasteiger partial charge on any atom is 0.257 e. The van der Waals surface area contributed by atoms with Gasteiger partial charge in [-0.2, -0.15) is 0 Å². The summed E-state index contributed by atoms with van der Waals surface area (Å²) < 4.78 is 5.00. The van der Waals surface area contributed by atoms with Crippen LogP contribution in [-0.4, -0.2) is 26.2 Å². The summed E-state index contributed by atoms with van der Waals surface area (Å²) in [6.07, 6.45) is 1.74. The molecular weight excluding hydrogens is 290 g/mol. The molecule has 2 aromatic carbocycles. The lowest BCUT2D eigenvalue weighted by molar-refractivity contribution is -0.110. The monoisotopic (exact) mass is 309 g/mol. The summed E-state index contributed by atoms with van der Waals surface area (Å²) in [5, 5.41) is 9.29. The first kappa shape index (κ1) is 15.1. The number of fused-ring (bicyclic) bond motifs is 1. The molecule has 118 valence electrons. The number of hydrogen-bond acceptors (Lipinski definition) is 4. The van der Waals surface area contributed by atoms with Gasteiger partial charge >= 0.3 is 0 Å². The van der Waals surface area contributed by atoms with Crippen LogP contribution in [0, 0.1) is 0 Å². The molecule has 0 unspecified atom stereocenters. The van der Waals surface area contributed by atoms with E-state index in [1.165, 1.54) is 0 Å². The zero-order chi connectivity index (χ0) is 16.1. The number of rotatable bonds is 6. The third kappa shape index (κ3) is 3.52. The van der Waals surface area contributed by atoms with Crippen molar-refractivity contribution in [3.05, 3.63) is 60.3 Å². The Hall–Kier alpha value is -2.79. The largest absolute Gasteiger partial charge is 0.383 e. The SMILES string of the molecule is COCCNc1ccc(N/C=C2/C(=O)Nc3ccccc32)cc1. The smallest absolute Gasteiger partial charge is 0.257 e. The Morgan fingerprint density at radius 1 is 1.09 bits per heavy atom. The molecule has 0 aromatic heterocycles. The summed E-state index contributed by atoms with van der Waals surface area (Å²) in [4.78, 5) is 12.0. The summed E-state index contributed by atoms with van der Waals surface area (Å²) in [6, 6.07) is 15.6. The van der Waals surface area contributed by atoms with Crippen LogP contribution in [0.3, 0.4) is 0 Å². The number of carbonyl (C=O) groups is 1. The van der Waals surface area contributed by atoms with Crippen LogP contribution in [-0.2, 0) is 9.53 Å². The van der Waals surface area contributed by atoms with E-state index in [-0.39, 0.29) is 5.91 Å². The number of nitrogens with one attached hydrogen (secondary N) is 3. The molecule has 1 aliphatic rings. The number of amides is 1. The molecule has 3 N–H and O–H groups in total. The summed E-state index contributed by atoms with van der Waals surface area (Å²) in [7, 11) is 1.68. The number of carbonyl (C=O) groups excluding carboxylic acids is 1. The molecule has 0 saturated heterocycles. The van der Waals surface area contributed by atoms with Gasteiger partial charge in [-0.15, -0.1) is 0 Å². The minimum atomic E-state index is -0.0865. The predicted octanol–water partition coefficient (Wildman–Crippen LogP) is 3.15. The van der Waals surface area contributed by atoms with Gasteiger partial charge in [-0.3, -0.25) is 4.79 Å². The molecule has 2 aromatic rings. The maximum atomic E-state index is 12.0. The standard InChI is InChI=1S/C18H19N3O2/c1-23-11-10-19-13-6-8-14(9-7-13)20-12-16-15-4-2-3-5-17(15)21-18(16)22/h2-9,12,19-20H,10-11H2,1H3,(H,21,22)/b16-12+. The molecule has 1 aliphatic heterocycles. The first-order valence-corrected chi connectivity index (χ1v) is 7.48. The molecule has 0 atom stereocenters. The molecule has 0 fully saturated rings. The van der Waals surface area contributed by atoms with Gasteiger partial charge < -0.3 is 20.7 Å². The zero-order valence-electron chi connectivity index (χ0n) is 12.9. The van der Waals surface area contributed by atoms with Crippen LogP contribution in [0.5, 0.6) is 0 Å². The Bertz CT molecular complexity index is 723. The van der Waals surface area contributed by atoms with Crippen LogP contribution >= 0.6 is 0 Å². The Labute approximate surface area is 135 Å². The molecule has 1 heterocycles. The van der Waals surface area contributed by atoms with Crippen molar-refractivity contribution in [1.29, 1.82) is 0 Å². The van der Waals surface area contributed by atoms with Crippen LogP contribution in [0.25, 0.3) is 5.57 Å². The van der Waals surface area contributed by atoms with Gasteiger partial charge in [0.15, 0.2) is 0 Å². The lowest BCUT2D eigenvalue weighted by atomic mass is 10.1. The predicted molar refractivity (Wildman–Crippen MR) is 93.5 cm³/mol. The minimum Gasteiger partial charge on any atom is -0.383 e. The Kier molecular flexibility index (Phi) is 4.59. The summed E-state index contributed by atoms with van der Waals surface area (Å²) in [6.45, 7) is 1.44.